The third kappa shape index (κ3) is 3.42. The number of rotatable bonds is 3. The average molecular weight is 218 g/mol. The fourth-order valence-corrected chi connectivity index (χ4v) is 1.27. The molecule has 0 aliphatic heterocycles. The molecule has 0 saturated carbocycles. The van der Waals surface area contributed by atoms with Gasteiger partial charge in [-0.05, 0) is 44.5 Å². The second kappa shape index (κ2) is 5.35. The van der Waals surface area contributed by atoms with Crippen molar-refractivity contribution in [3.8, 4) is 0 Å². The van der Waals surface area contributed by atoms with E-state index in [0.29, 0.717) is 17.8 Å². The normalized spacial score (nSPS) is 9.69. The zero-order chi connectivity index (χ0) is 12.1. The van der Waals surface area contributed by atoms with Gasteiger partial charge in [0.15, 0.2) is 0 Å². The number of hydrogen-bond acceptors (Lipinski definition) is 2. The number of carbonyl (C=O) groups is 1. The van der Waals surface area contributed by atoms with E-state index < -0.39 is 0 Å². The topological polar surface area (TPSA) is 55.1 Å². The molecule has 1 aromatic rings. The maximum absolute atomic E-state index is 11.7. The molecule has 0 aromatic heterocycles. The number of carbonyl (C=O) groups excluding carboxylic acids is 1. The lowest BCUT2D eigenvalue weighted by atomic mass is 10.1. The first-order chi connectivity index (χ1) is 7.50. The van der Waals surface area contributed by atoms with Crippen LogP contribution < -0.4 is 11.1 Å². The zero-order valence-corrected chi connectivity index (χ0v) is 10.0. The van der Waals surface area contributed by atoms with Gasteiger partial charge in [-0.1, -0.05) is 11.6 Å². The van der Waals surface area contributed by atoms with Crippen LogP contribution >= 0.6 is 0 Å². The summed E-state index contributed by atoms with van der Waals surface area (Å²) in [7, 11) is 0. The summed E-state index contributed by atoms with van der Waals surface area (Å²) in [6.45, 7) is 6.45. The minimum Gasteiger partial charge on any atom is -0.399 e. The lowest BCUT2D eigenvalue weighted by Gasteiger charge is -2.05. The summed E-state index contributed by atoms with van der Waals surface area (Å²) >= 11 is 0. The van der Waals surface area contributed by atoms with Crippen LogP contribution in [0, 0.1) is 6.92 Å². The molecule has 0 saturated heterocycles. The molecular formula is C13H18N2O. The molecule has 0 spiro atoms. The Morgan fingerprint density at radius 2 is 2.12 bits per heavy atom. The molecule has 0 atom stereocenters. The van der Waals surface area contributed by atoms with E-state index in [1.54, 1.807) is 18.2 Å². The second-order valence-corrected chi connectivity index (χ2v) is 4.06. The van der Waals surface area contributed by atoms with Crippen molar-refractivity contribution < 1.29 is 4.79 Å². The van der Waals surface area contributed by atoms with Gasteiger partial charge in [0.25, 0.3) is 5.91 Å². The monoisotopic (exact) mass is 218 g/mol. The third-order valence-electron chi connectivity index (χ3n) is 2.30. The highest BCUT2D eigenvalue weighted by molar-refractivity contribution is 5.94. The number of anilines is 1. The highest BCUT2D eigenvalue weighted by Crippen LogP contribution is 2.12. The second-order valence-electron chi connectivity index (χ2n) is 4.06. The van der Waals surface area contributed by atoms with Crippen molar-refractivity contribution in [2.24, 2.45) is 0 Å². The quantitative estimate of drug-likeness (QED) is 0.604. The maximum Gasteiger partial charge on any atom is 0.251 e. The number of hydrogen-bond donors (Lipinski definition) is 2. The smallest absolute Gasteiger partial charge is 0.251 e. The Hall–Kier alpha value is -1.77. The van der Waals surface area contributed by atoms with Crippen LogP contribution in [0.5, 0.6) is 0 Å². The summed E-state index contributed by atoms with van der Waals surface area (Å²) in [5, 5.41) is 2.82. The fourth-order valence-electron chi connectivity index (χ4n) is 1.27. The van der Waals surface area contributed by atoms with Gasteiger partial charge in [0.05, 0.1) is 0 Å². The van der Waals surface area contributed by atoms with Crippen molar-refractivity contribution in [1.29, 1.82) is 0 Å². The Morgan fingerprint density at radius 1 is 1.44 bits per heavy atom. The standard InChI is InChI=1S/C13H18N2O/c1-9(2)6-7-15-13(16)11-4-5-12(14)10(3)8-11/h4-6,8H,7,14H2,1-3H3,(H,15,16). The molecule has 0 heterocycles. The van der Waals surface area contributed by atoms with E-state index in [1.165, 1.54) is 5.57 Å². The predicted molar refractivity (Wildman–Crippen MR) is 67.4 cm³/mol. The van der Waals surface area contributed by atoms with Crippen LogP contribution in [0.4, 0.5) is 5.69 Å². The third-order valence-corrected chi connectivity index (χ3v) is 2.30. The Morgan fingerprint density at radius 3 is 2.69 bits per heavy atom. The molecule has 1 aromatic carbocycles. The van der Waals surface area contributed by atoms with Gasteiger partial charge in [0.1, 0.15) is 0 Å². The molecule has 3 nitrogen and oxygen atoms in total. The van der Waals surface area contributed by atoms with Crippen LogP contribution in [-0.2, 0) is 0 Å². The van der Waals surface area contributed by atoms with Gasteiger partial charge in [0, 0.05) is 17.8 Å². The number of benzene rings is 1. The minimum atomic E-state index is -0.0689. The summed E-state index contributed by atoms with van der Waals surface area (Å²) in [6.07, 6.45) is 1.97. The number of nitrogens with two attached hydrogens (primary N) is 1. The first-order valence-electron chi connectivity index (χ1n) is 5.28. The van der Waals surface area contributed by atoms with Gasteiger partial charge in [0.2, 0.25) is 0 Å². The molecule has 3 N–H and O–H groups in total. The Bertz CT molecular complexity index is 418. The van der Waals surface area contributed by atoms with Crippen LogP contribution in [0.3, 0.4) is 0 Å². The van der Waals surface area contributed by atoms with Gasteiger partial charge in [-0.2, -0.15) is 0 Å². The highest BCUT2D eigenvalue weighted by Gasteiger charge is 2.04. The number of nitrogen functional groups attached to an aromatic ring is 1. The molecule has 0 unspecified atom stereocenters. The first-order valence-corrected chi connectivity index (χ1v) is 5.28. The van der Waals surface area contributed by atoms with Crippen LogP contribution in [0.15, 0.2) is 29.8 Å². The van der Waals surface area contributed by atoms with Crippen molar-refractivity contribution in [2.75, 3.05) is 12.3 Å². The molecule has 86 valence electrons. The van der Waals surface area contributed by atoms with Crippen molar-refractivity contribution in [2.45, 2.75) is 20.8 Å². The molecule has 0 aliphatic rings. The largest absolute Gasteiger partial charge is 0.399 e. The van der Waals surface area contributed by atoms with E-state index >= 15 is 0 Å². The van der Waals surface area contributed by atoms with E-state index in [-0.39, 0.29) is 5.91 Å². The zero-order valence-electron chi connectivity index (χ0n) is 10.0. The molecule has 0 fully saturated rings. The van der Waals surface area contributed by atoms with Gasteiger partial charge in [-0.3, -0.25) is 4.79 Å². The first kappa shape index (κ1) is 12.3. The number of aryl methyl sites for hydroxylation is 1. The summed E-state index contributed by atoms with van der Waals surface area (Å²) < 4.78 is 0. The molecule has 3 heteroatoms. The van der Waals surface area contributed by atoms with E-state index in [0.717, 1.165) is 5.56 Å². The summed E-state index contributed by atoms with van der Waals surface area (Å²) in [5.74, 6) is -0.0689. The molecule has 0 aliphatic carbocycles. The van der Waals surface area contributed by atoms with E-state index in [1.807, 2.05) is 26.8 Å². The maximum atomic E-state index is 11.7. The molecule has 1 rings (SSSR count). The number of allylic oxidation sites excluding steroid dienone is 1. The summed E-state index contributed by atoms with van der Waals surface area (Å²) in [6, 6.07) is 5.29. The lowest BCUT2D eigenvalue weighted by Crippen LogP contribution is -2.23. The van der Waals surface area contributed by atoms with Gasteiger partial charge in [-0.25, -0.2) is 0 Å². The molecule has 1 amide bonds. The van der Waals surface area contributed by atoms with Gasteiger partial charge in [-0.15, -0.1) is 0 Å². The molecule has 0 radical (unpaired) electrons. The Balaban J connectivity index is 2.66. The van der Waals surface area contributed by atoms with Gasteiger partial charge < -0.3 is 11.1 Å². The lowest BCUT2D eigenvalue weighted by molar-refractivity contribution is 0.0958. The van der Waals surface area contributed by atoms with Crippen LogP contribution in [0.25, 0.3) is 0 Å². The van der Waals surface area contributed by atoms with Crippen LogP contribution in [0.1, 0.15) is 29.8 Å². The number of nitrogens with one attached hydrogen (secondary N) is 1. The van der Waals surface area contributed by atoms with Crippen molar-refractivity contribution >= 4 is 11.6 Å². The van der Waals surface area contributed by atoms with E-state index in [2.05, 4.69) is 5.32 Å². The van der Waals surface area contributed by atoms with Crippen molar-refractivity contribution in [3.63, 3.8) is 0 Å². The summed E-state index contributed by atoms with van der Waals surface area (Å²) in [5.41, 5.74) is 9.16. The Kier molecular flexibility index (Phi) is 4.11. The van der Waals surface area contributed by atoms with E-state index in [9.17, 15) is 4.79 Å². The highest BCUT2D eigenvalue weighted by atomic mass is 16.1. The average Bonchev–Trinajstić information content (AvgIpc) is 2.21. The minimum absolute atomic E-state index is 0.0689. The van der Waals surface area contributed by atoms with Gasteiger partial charge >= 0.3 is 0 Å². The van der Waals surface area contributed by atoms with Crippen molar-refractivity contribution in [3.05, 3.63) is 41.0 Å². The van der Waals surface area contributed by atoms with Crippen molar-refractivity contribution in [1.82, 2.24) is 5.32 Å². The number of amides is 1. The van der Waals surface area contributed by atoms with Crippen LogP contribution in [-0.4, -0.2) is 12.5 Å². The van der Waals surface area contributed by atoms with E-state index in [4.69, 9.17) is 5.73 Å². The molecule has 16 heavy (non-hydrogen) atoms. The molecule has 0 bridgehead atoms. The predicted octanol–water partition coefficient (Wildman–Crippen LogP) is 2.27. The molecular weight excluding hydrogens is 200 g/mol. The summed E-state index contributed by atoms with van der Waals surface area (Å²) in [4.78, 5) is 11.7. The van der Waals surface area contributed by atoms with Crippen LogP contribution in [0.2, 0.25) is 0 Å². The Labute approximate surface area is 96.3 Å². The SMILES string of the molecule is CC(C)=CCNC(=O)c1ccc(N)c(C)c1. The fraction of sp³-hybridized carbons (Fsp3) is 0.308.